The van der Waals surface area contributed by atoms with Crippen molar-refractivity contribution < 1.29 is 9.90 Å². The fourth-order valence-corrected chi connectivity index (χ4v) is 2.88. The molecule has 0 fully saturated rings. The van der Waals surface area contributed by atoms with E-state index in [4.69, 9.17) is 0 Å². The Balaban J connectivity index is 1.72. The fourth-order valence-electron chi connectivity index (χ4n) is 2.88. The SMILES string of the molecule is O=C(N/N=C/c1ccc(O)cc1)c1nn(-c2ccccc2)c(=O)c2ccccc12. The highest BCUT2D eigenvalue weighted by atomic mass is 16.3. The lowest BCUT2D eigenvalue weighted by Crippen LogP contribution is -2.28. The molecule has 0 saturated heterocycles. The van der Waals surface area contributed by atoms with E-state index < -0.39 is 5.91 Å². The summed E-state index contributed by atoms with van der Waals surface area (Å²) in [6.07, 6.45) is 1.45. The van der Waals surface area contributed by atoms with Gasteiger partial charge in [-0.15, -0.1) is 0 Å². The van der Waals surface area contributed by atoms with Gasteiger partial charge in [-0.2, -0.15) is 14.9 Å². The molecule has 7 heteroatoms. The molecule has 0 bridgehead atoms. The largest absolute Gasteiger partial charge is 0.508 e. The monoisotopic (exact) mass is 384 g/mol. The Morgan fingerprint density at radius 3 is 2.31 bits per heavy atom. The number of benzene rings is 3. The van der Waals surface area contributed by atoms with Gasteiger partial charge in [-0.25, -0.2) is 5.43 Å². The molecule has 0 aliphatic heterocycles. The van der Waals surface area contributed by atoms with E-state index in [-0.39, 0.29) is 17.0 Å². The van der Waals surface area contributed by atoms with Crippen LogP contribution in [0, 0.1) is 0 Å². The molecule has 0 unspecified atom stereocenters. The summed E-state index contributed by atoms with van der Waals surface area (Å²) in [6.45, 7) is 0. The first-order valence-corrected chi connectivity index (χ1v) is 8.83. The quantitative estimate of drug-likeness (QED) is 0.418. The van der Waals surface area contributed by atoms with Crippen LogP contribution in [0.4, 0.5) is 0 Å². The van der Waals surface area contributed by atoms with Gasteiger partial charge in [0.15, 0.2) is 5.69 Å². The third kappa shape index (κ3) is 3.74. The number of hydrogen-bond acceptors (Lipinski definition) is 5. The molecule has 0 aliphatic carbocycles. The summed E-state index contributed by atoms with van der Waals surface area (Å²) in [7, 11) is 0. The second-order valence-corrected chi connectivity index (χ2v) is 6.24. The van der Waals surface area contributed by atoms with Crippen molar-refractivity contribution in [1.29, 1.82) is 0 Å². The van der Waals surface area contributed by atoms with Crippen LogP contribution in [0.15, 0.2) is 88.8 Å². The highest BCUT2D eigenvalue weighted by Crippen LogP contribution is 2.15. The smallest absolute Gasteiger partial charge is 0.292 e. The number of para-hydroxylation sites is 1. The molecule has 142 valence electrons. The molecular weight excluding hydrogens is 368 g/mol. The van der Waals surface area contributed by atoms with Gasteiger partial charge in [0, 0.05) is 5.39 Å². The van der Waals surface area contributed by atoms with Crippen LogP contribution in [0.25, 0.3) is 16.5 Å². The van der Waals surface area contributed by atoms with Gasteiger partial charge in [-0.3, -0.25) is 9.59 Å². The minimum atomic E-state index is -0.541. The van der Waals surface area contributed by atoms with Crippen LogP contribution in [-0.4, -0.2) is 27.0 Å². The second kappa shape index (κ2) is 7.77. The number of carbonyl (C=O) groups is 1. The van der Waals surface area contributed by atoms with E-state index in [1.807, 2.05) is 6.07 Å². The zero-order chi connectivity index (χ0) is 20.2. The highest BCUT2D eigenvalue weighted by molar-refractivity contribution is 6.05. The zero-order valence-corrected chi connectivity index (χ0v) is 15.2. The predicted octanol–water partition coefficient (Wildman–Crippen LogP) is 2.86. The van der Waals surface area contributed by atoms with Crippen molar-refractivity contribution in [3.63, 3.8) is 0 Å². The molecule has 0 radical (unpaired) electrons. The first-order valence-electron chi connectivity index (χ1n) is 8.83. The molecule has 0 aliphatic rings. The zero-order valence-electron chi connectivity index (χ0n) is 15.2. The molecule has 2 N–H and O–H groups in total. The van der Waals surface area contributed by atoms with Crippen molar-refractivity contribution in [1.82, 2.24) is 15.2 Å². The number of hydrazone groups is 1. The van der Waals surface area contributed by atoms with Gasteiger partial charge in [0.2, 0.25) is 0 Å². The van der Waals surface area contributed by atoms with E-state index in [1.54, 1.807) is 60.7 Å². The van der Waals surface area contributed by atoms with Gasteiger partial charge >= 0.3 is 0 Å². The molecule has 7 nitrogen and oxygen atoms in total. The number of fused-ring (bicyclic) bond motifs is 1. The lowest BCUT2D eigenvalue weighted by Gasteiger charge is -2.10. The third-order valence-electron chi connectivity index (χ3n) is 4.29. The Labute approximate surface area is 165 Å². The van der Waals surface area contributed by atoms with Crippen molar-refractivity contribution in [3.8, 4) is 11.4 Å². The van der Waals surface area contributed by atoms with Crippen LogP contribution in [0.1, 0.15) is 16.1 Å². The average molecular weight is 384 g/mol. The lowest BCUT2D eigenvalue weighted by atomic mass is 10.1. The topological polar surface area (TPSA) is 96.6 Å². The number of nitrogens with zero attached hydrogens (tertiary/aromatic N) is 3. The van der Waals surface area contributed by atoms with Crippen molar-refractivity contribution in [3.05, 3.63) is 100 Å². The van der Waals surface area contributed by atoms with E-state index in [0.29, 0.717) is 22.0 Å². The molecule has 0 spiro atoms. The summed E-state index contributed by atoms with van der Waals surface area (Å²) in [5.74, 6) is -0.397. The van der Waals surface area contributed by atoms with E-state index in [2.05, 4.69) is 15.6 Å². The van der Waals surface area contributed by atoms with E-state index in [9.17, 15) is 14.7 Å². The van der Waals surface area contributed by atoms with Crippen LogP contribution >= 0.6 is 0 Å². The number of rotatable bonds is 4. The number of amides is 1. The Hall–Kier alpha value is -4.26. The number of hydrogen-bond donors (Lipinski definition) is 2. The second-order valence-electron chi connectivity index (χ2n) is 6.24. The Bertz CT molecular complexity index is 1260. The molecule has 0 atom stereocenters. The predicted molar refractivity (Wildman–Crippen MR) is 111 cm³/mol. The van der Waals surface area contributed by atoms with Gasteiger partial charge < -0.3 is 5.11 Å². The lowest BCUT2D eigenvalue weighted by molar-refractivity contribution is 0.0950. The van der Waals surface area contributed by atoms with Gasteiger partial charge in [0.1, 0.15) is 5.75 Å². The Morgan fingerprint density at radius 1 is 0.931 bits per heavy atom. The molecule has 1 heterocycles. The van der Waals surface area contributed by atoms with Crippen molar-refractivity contribution in [2.75, 3.05) is 0 Å². The van der Waals surface area contributed by atoms with Crippen molar-refractivity contribution in [2.45, 2.75) is 0 Å². The summed E-state index contributed by atoms with van der Waals surface area (Å²) in [5.41, 5.74) is 3.49. The average Bonchev–Trinajstić information content (AvgIpc) is 2.76. The van der Waals surface area contributed by atoms with Crippen LogP contribution in [0.3, 0.4) is 0 Å². The maximum atomic E-state index is 12.8. The van der Waals surface area contributed by atoms with Crippen LogP contribution < -0.4 is 11.0 Å². The molecule has 29 heavy (non-hydrogen) atoms. The van der Waals surface area contributed by atoms with Crippen LogP contribution in [0.5, 0.6) is 5.75 Å². The van der Waals surface area contributed by atoms with Crippen LogP contribution in [0.2, 0.25) is 0 Å². The molecule has 0 saturated carbocycles. The highest BCUT2D eigenvalue weighted by Gasteiger charge is 2.17. The Kier molecular flexibility index (Phi) is 4.86. The Morgan fingerprint density at radius 2 is 1.59 bits per heavy atom. The standard InChI is InChI=1S/C22H16N4O3/c27-17-12-10-15(11-13-17)14-23-24-21(28)20-18-8-4-5-9-19(18)22(29)26(25-20)16-6-2-1-3-7-16/h1-14,27H,(H,24,28)/b23-14+. The van der Waals surface area contributed by atoms with E-state index >= 15 is 0 Å². The number of nitrogens with one attached hydrogen (secondary N) is 1. The molecular formula is C22H16N4O3. The number of aromatic hydroxyl groups is 1. The summed E-state index contributed by atoms with van der Waals surface area (Å²) in [5, 5.41) is 18.4. The van der Waals surface area contributed by atoms with Gasteiger partial charge in [0.05, 0.1) is 17.3 Å². The first-order chi connectivity index (χ1) is 14.1. The van der Waals surface area contributed by atoms with Crippen molar-refractivity contribution >= 4 is 22.9 Å². The number of carbonyl (C=O) groups excluding carboxylic acids is 1. The third-order valence-corrected chi connectivity index (χ3v) is 4.29. The summed E-state index contributed by atoms with van der Waals surface area (Å²) >= 11 is 0. The summed E-state index contributed by atoms with van der Waals surface area (Å²) in [6, 6.07) is 22.1. The van der Waals surface area contributed by atoms with E-state index in [1.165, 1.54) is 23.0 Å². The number of aromatic nitrogens is 2. The fraction of sp³-hybridized carbons (Fsp3) is 0. The van der Waals surface area contributed by atoms with Gasteiger partial charge in [0.25, 0.3) is 11.5 Å². The number of phenols is 1. The molecule has 4 aromatic rings. The molecule has 4 rings (SSSR count). The number of phenolic OH excluding ortho intramolecular Hbond substituents is 1. The molecule has 3 aromatic carbocycles. The normalized spacial score (nSPS) is 11.0. The molecule has 1 amide bonds. The summed E-state index contributed by atoms with van der Waals surface area (Å²) < 4.78 is 1.21. The van der Waals surface area contributed by atoms with Gasteiger partial charge in [-0.05, 0) is 48.0 Å². The summed E-state index contributed by atoms with van der Waals surface area (Å²) in [4.78, 5) is 25.6. The van der Waals surface area contributed by atoms with E-state index in [0.717, 1.165) is 0 Å². The first kappa shape index (κ1) is 18.1. The maximum Gasteiger partial charge on any atom is 0.292 e. The van der Waals surface area contributed by atoms with Gasteiger partial charge in [-0.1, -0.05) is 36.4 Å². The molecule has 1 aromatic heterocycles. The maximum absolute atomic E-state index is 12.8. The van der Waals surface area contributed by atoms with Crippen molar-refractivity contribution in [2.24, 2.45) is 5.10 Å². The minimum Gasteiger partial charge on any atom is -0.508 e. The van der Waals surface area contributed by atoms with Crippen LogP contribution in [-0.2, 0) is 0 Å². The minimum absolute atomic E-state index is 0.0897.